The zero-order valence-corrected chi connectivity index (χ0v) is 14.3. The van der Waals surface area contributed by atoms with E-state index < -0.39 is 0 Å². The summed E-state index contributed by atoms with van der Waals surface area (Å²) in [6.45, 7) is 0.401. The summed E-state index contributed by atoms with van der Waals surface area (Å²) in [6.07, 6.45) is 6.07. The molecule has 0 radical (unpaired) electrons. The van der Waals surface area contributed by atoms with Crippen LogP contribution >= 0.6 is 0 Å². The fourth-order valence-electron chi connectivity index (χ4n) is 3.47. The lowest BCUT2D eigenvalue weighted by atomic mass is 9.95. The lowest BCUT2D eigenvalue weighted by molar-refractivity contribution is 0.0953. The first-order valence-corrected chi connectivity index (χ1v) is 8.54. The molecule has 3 rings (SSSR count). The minimum absolute atomic E-state index is 0.152. The number of nitrogens with one attached hydrogen (secondary N) is 1. The highest BCUT2D eigenvalue weighted by molar-refractivity contribution is 6.04. The topological polar surface area (TPSA) is 67.2 Å². The van der Waals surface area contributed by atoms with Crippen LogP contribution in [0.2, 0.25) is 0 Å². The molecule has 1 aromatic heterocycles. The van der Waals surface area contributed by atoms with Crippen LogP contribution in [0.25, 0.3) is 10.8 Å². The average molecular weight is 328 g/mol. The van der Waals surface area contributed by atoms with E-state index in [2.05, 4.69) is 15.3 Å². The van der Waals surface area contributed by atoms with E-state index in [1.54, 1.807) is 19.2 Å². The van der Waals surface area contributed by atoms with Crippen LogP contribution in [0.3, 0.4) is 0 Å². The number of carbonyl (C=O) groups is 1. The van der Waals surface area contributed by atoms with Gasteiger partial charge in [0.25, 0.3) is 11.5 Å². The second-order valence-corrected chi connectivity index (χ2v) is 6.47. The van der Waals surface area contributed by atoms with Gasteiger partial charge in [-0.05, 0) is 26.0 Å². The van der Waals surface area contributed by atoms with E-state index in [4.69, 9.17) is 0 Å². The normalized spacial score (nSPS) is 15.8. The Bertz CT molecular complexity index is 793. The molecule has 1 fully saturated rings. The molecule has 0 aliphatic heterocycles. The maximum Gasteiger partial charge on any atom is 0.275 e. The second-order valence-electron chi connectivity index (χ2n) is 6.47. The molecule has 24 heavy (non-hydrogen) atoms. The predicted octanol–water partition coefficient (Wildman–Crippen LogP) is 1.98. The van der Waals surface area contributed by atoms with E-state index in [1.807, 2.05) is 19.2 Å². The monoisotopic (exact) mass is 328 g/mol. The number of amides is 1. The Kier molecular flexibility index (Phi) is 4.94. The second kappa shape index (κ2) is 7.13. The van der Waals surface area contributed by atoms with E-state index >= 15 is 0 Å². The van der Waals surface area contributed by atoms with Gasteiger partial charge in [0.2, 0.25) is 0 Å². The first-order chi connectivity index (χ1) is 11.6. The molecule has 0 unspecified atom stereocenters. The van der Waals surface area contributed by atoms with Gasteiger partial charge >= 0.3 is 0 Å². The number of aromatic nitrogens is 2. The van der Waals surface area contributed by atoms with Crippen molar-refractivity contribution in [3.05, 3.63) is 40.3 Å². The highest BCUT2D eigenvalue weighted by Crippen LogP contribution is 2.22. The van der Waals surface area contributed by atoms with Crippen molar-refractivity contribution in [3.63, 3.8) is 0 Å². The van der Waals surface area contributed by atoms with E-state index in [1.165, 1.54) is 23.9 Å². The van der Waals surface area contributed by atoms with Crippen LogP contribution in [0.5, 0.6) is 0 Å². The van der Waals surface area contributed by atoms with Crippen molar-refractivity contribution < 1.29 is 4.79 Å². The Morgan fingerprint density at radius 1 is 1.25 bits per heavy atom. The van der Waals surface area contributed by atoms with Gasteiger partial charge in [-0.25, -0.2) is 4.68 Å². The Hall–Kier alpha value is -2.21. The minimum Gasteiger partial charge on any atom is -0.354 e. The molecule has 0 spiro atoms. The van der Waals surface area contributed by atoms with E-state index in [0.29, 0.717) is 29.2 Å². The molecule has 6 heteroatoms. The molecule has 2 aromatic rings. The maximum absolute atomic E-state index is 12.8. The number of fused-ring (bicyclic) bond motifs is 1. The van der Waals surface area contributed by atoms with Crippen LogP contribution in [-0.2, 0) is 6.67 Å². The highest BCUT2D eigenvalue weighted by Gasteiger charge is 2.20. The molecule has 1 aliphatic rings. The van der Waals surface area contributed by atoms with Crippen molar-refractivity contribution in [2.75, 3.05) is 14.1 Å². The van der Waals surface area contributed by atoms with Gasteiger partial charge in [0, 0.05) is 18.5 Å². The highest BCUT2D eigenvalue weighted by atomic mass is 16.2. The maximum atomic E-state index is 12.8. The average Bonchev–Trinajstić information content (AvgIpc) is 2.64. The molecule has 0 saturated heterocycles. The van der Waals surface area contributed by atoms with E-state index in [0.717, 1.165) is 12.8 Å². The van der Waals surface area contributed by atoms with E-state index in [9.17, 15) is 9.59 Å². The molecular formula is C18H24N4O2. The van der Waals surface area contributed by atoms with E-state index in [-0.39, 0.29) is 11.5 Å². The molecule has 128 valence electrons. The summed E-state index contributed by atoms with van der Waals surface area (Å²) in [6, 6.07) is 7.62. The molecular weight excluding hydrogens is 304 g/mol. The Balaban J connectivity index is 1.99. The smallest absolute Gasteiger partial charge is 0.275 e. The summed E-state index contributed by atoms with van der Waals surface area (Å²) in [5.74, 6) is -0.278. The van der Waals surface area contributed by atoms with Crippen molar-refractivity contribution in [1.82, 2.24) is 20.0 Å². The molecule has 1 N–H and O–H groups in total. The standard InChI is InChI=1S/C18H24N4O2/c1-19-17(23)16-14-10-6-7-11-15(14)18(24)22(20-16)12-21(2)13-8-4-3-5-9-13/h6-7,10-11,13H,3-5,8-9,12H2,1-2H3,(H,19,23). The lowest BCUT2D eigenvalue weighted by Crippen LogP contribution is -2.39. The molecule has 1 aliphatic carbocycles. The summed E-state index contributed by atoms with van der Waals surface area (Å²) >= 11 is 0. The van der Waals surface area contributed by atoms with Crippen molar-refractivity contribution in [2.24, 2.45) is 0 Å². The quantitative estimate of drug-likeness (QED) is 0.932. The number of hydrogen-bond acceptors (Lipinski definition) is 4. The molecule has 6 nitrogen and oxygen atoms in total. The van der Waals surface area contributed by atoms with Gasteiger partial charge in [-0.15, -0.1) is 0 Å². The van der Waals surface area contributed by atoms with Gasteiger partial charge in [-0.1, -0.05) is 37.5 Å². The number of carbonyl (C=O) groups excluding carboxylic acids is 1. The van der Waals surface area contributed by atoms with Crippen LogP contribution in [0.4, 0.5) is 0 Å². The first-order valence-electron chi connectivity index (χ1n) is 8.54. The van der Waals surface area contributed by atoms with Gasteiger partial charge in [0.05, 0.1) is 12.1 Å². The third-order valence-electron chi connectivity index (χ3n) is 4.86. The van der Waals surface area contributed by atoms with Crippen molar-refractivity contribution in [1.29, 1.82) is 0 Å². The zero-order valence-electron chi connectivity index (χ0n) is 14.3. The molecule has 0 bridgehead atoms. The summed E-state index contributed by atoms with van der Waals surface area (Å²) in [7, 11) is 3.60. The zero-order chi connectivity index (χ0) is 17.1. The fourth-order valence-corrected chi connectivity index (χ4v) is 3.47. The third kappa shape index (κ3) is 3.19. The van der Waals surface area contributed by atoms with Crippen molar-refractivity contribution >= 4 is 16.7 Å². The molecule has 1 aromatic carbocycles. The summed E-state index contributed by atoms with van der Waals surface area (Å²) in [4.78, 5) is 27.1. The Labute approximate surface area is 141 Å². The largest absolute Gasteiger partial charge is 0.354 e. The van der Waals surface area contributed by atoms with Crippen LogP contribution < -0.4 is 10.9 Å². The third-order valence-corrected chi connectivity index (χ3v) is 4.86. The van der Waals surface area contributed by atoms with Gasteiger partial charge in [-0.3, -0.25) is 14.5 Å². The van der Waals surface area contributed by atoms with Gasteiger partial charge in [-0.2, -0.15) is 5.10 Å². The van der Waals surface area contributed by atoms with Crippen LogP contribution in [0.15, 0.2) is 29.1 Å². The molecule has 1 amide bonds. The van der Waals surface area contributed by atoms with Gasteiger partial charge in [0.15, 0.2) is 5.69 Å². The van der Waals surface area contributed by atoms with Crippen molar-refractivity contribution in [3.8, 4) is 0 Å². The number of hydrogen-bond donors (Lipinski definition) is 1. The fraction of sp³-hybridized carbons (Fsp3) is 0.500. The number of benzene rings is 1. The summed E-state index contributed by atoms with van der Waals surface area (Å²) in [5.41, 5.74) is 0.144. The summed E-state index contributed by atoms with van der Waals surface area (Å²) < 4.78 is 1.42. The molecule has 1 heterocycles. The minimum atomic E-state index is -0.278. The Morgan fingerprint density at radius 3 is 2.58 bits per heavy atom. The molecule has 1 saturated carbocycles. The predicted molar refractivity (Wildman–Crippen MR) is 94.0 cm³/mol. The lowest BCUT2D eigenvalue weighted by Gasteiger charge is -2.31. The Morgan fingerprint density at radius 2 is 1.92 bits per heavy atom. The van der Waals surface area contributed by atoms with Crippen LogP contribution in [-0.4, -0.2) is 40.7 Å². The summed E-state index contributed by atoms with van der Waals surface area (Å²) in [5, 5.41) is 8.09. The van der Waals surface area contributed by atoms with Gasteiger partial charge in [0.1, 0.15) is 0 Å². The van der Waals surface area contributed by atoms with Crippen LogP contribution in [0, 0.1) is 0 Å². The number of rotatable bonds is 4. The first kappa shape index (κ1) is 16.6. The van der Waals surface area contributed by atoms with Crippen LogP contribution in [0.1, 0.15) is 42.6 Å². The number of nitrogens with zero attached hydrogens (tertiary/aromatic N) is 3. The molecule has 0 atom stereocenters. The van der Waals surface area contributed by atoms with Gasteiger partial charge < -0.3 is 5.32 Å². The van der Waals surface area contributed by atoms with Crippen molar-refractivity contribution in [2.45, 2.75) is 44.8 Å². The SMILES string of the molecule is CNC(=O)c1nn(CN(C)C2CCCCC2)c(=O)c2ccccc12.